The number of hydrazine groups is 1. The molecule has 0 saturated heterocycles. The van der Waals surface area contributed by atoms with Gasteiger partial charge in [-0.25, -0.2) is 5.84 Å². The second-order valence-electron chi connectivity index (χ2n) is 5.53. The summed E-state index contributed by atoms with van der Waals surface area (Å²) in [5.41, 5.74) is 3.22. The largest absolute Gasteiger partial charge is 0.359 e. The highest BCUT2D eigenvalue weighted by Crippen LogP contribution is 2.28. The summed E-state index contributed by atoms with van der Waals surface area (Å²) in [7, 11) is 2.07. The summed E-state index contributed by atoms with van der Waals surface area (Å²) in [5, 5.41) is 7.85. The molecule has 2 heterocycles. The van der Waals surface area contributed by atoms with Crippen molar-refractivity contribution in [2.24, 2.45) is 11.8 Å². The molecule has 1 saturated carbocycles. The maximum absolute atomic E-state index is 5.44. The lowest BCUT2D eigenvalue weighted by molar-refractivity contribution is 0.362. The fourth-order valence-electron chi connectivity index (χ4n) is 3.02. The molecule has 7 nitrogen and oxygen atoms in total. The average molecular weight is 275 g/mol. The number of aromatic nitrogens is 4. The van der Waals surface area contributed by atoms with Gasteiger partial charge in [-0.2, -0.15) is 15.1 Å². The van der Waals surface area contributed by atoms with Crippen molar-refractivity contribution >= 4 is 22.8 Å². The fraction of sp³-hybridized carbons (Fsp3) is 0.615. The highest BCUT2D eigenvalue weighted by Gasteiger charge is 2.19. The van der Waals surface area contributed by atoms with Crippen LogP contribution in [-0.4, -0.2) is 33.8 Å². The zero-order chi connectivity index (χ0) is 13.9. The number of aromatic amines is 1. The van der Waals surface area contributed by atoms with Crippen LogP contribution in [0.15, 0.2) is 6.20 Å². The first kappa shape index (κ1) is 13.1. The van der Waals surface area contributed by atoms with Crippen molar-refractivity contribution in [3.05, 3.63) is 6.20 Å². The molecule has 0 radical (unpaired) electrons. The van der Waals surface area contributed by atoms with Crippen LogP contribution in [0.4, 0.5) is 11.8 Å². The van der Waals surface area contributed by atoms with Crippen LogP contribution >= 0.6 is 0 Å². The average Bonchev–Trinajstić information content (AvgIpc) is 2.95. The van der Waals surface area contributed by atoms with E-state index in [1.54, 1.807) is 6.20 Å². The van der Waals surface area contributed by atoms with Crippen LogP contribution < -0.4 is 16.2 Å². The Bertz CT molecular complexity index is 573. The normalized spacial score (nSPS) is 16.5. The SMILES string of the molecule is CN(CC1CCCCC1)c1nc(NN)nc2[nH]ncc12. The highest BCUT2D eigenvalue weighted by molar-refractivity contribution is 5.87. The number of anilines is 2. The lowest BCUT2D eigenvalue weighted by Gasteiger charge is -2.28. The van der Waals surface area contributed by atoms with E-state index in [1.165, 1.54) is 32.1 Å². The summed E-state index contributed by atoms with van der Waals surface area (Å²) < 4.78 is 0. The Hall–Kier alpha value is -1.89. The third-order valence-electron chi connectivity index (χ3n) is 4.04. The molecule has 0 atom stereocenters. The molecular formula is C13H21N7. The monoisotopic (exact) mass is 275 g/mol. The van der Waals surface area contributed by atoms with E-state index in [0.29, 0.717) is 11.6 Å². The lowest BCUT2D eigenvalue weighted by Crippen LogP contribution is -2.28. The molecule has 7 heteroatoms. The minimum Gasteiger partial charge on any atom is -0.359 e. The van der Waals surface area contributed by atoms with Gasteiger partial charge in [-0.3, -0.25) is 10.5 Å². The van der Waals surface area contributed by atoms with Gasteiger partial charge in [0.25, 0.3) is 0 Å². The lowest BCUT2D eigenvalue weighted by atomic mass is 9.89. The van der Waals surface area contributed by atoms with Crippen molar-refractivity contribution in [3.63, 3.8) is 0 Å². The van der Waals surface area contributed by atoms with Crippen LogP contribution in [0.1, 0.15) is 32.1 Å². The van der Waals surface area contributed by atoms with Crippen LogP contribution in [-0.2, 0) is 0 Å². The molecule has 1 aliphatic rings. The van der Waals surface area contributed by atoms with Gasteiger partial charge < -0.3 is 4.90 Å². The maximum atomic E-state index is 5.44. The van der Waals surface area contributed by atoms with Crippen molar-refractivity contribution in [2.75, 3.05) is 23.9 Å². The molecule has 3 rings (SSSR count). The van der Waals surface area contributed by atoms with Gasteiger partial charge in [-0.05, 0) is 18.8 Å². The number of H-pyrrole nitrogens is 1. The molecule has 2 aromatic rings. The minimum absolute atomic E-state index is 0.409. The molecule has 0 spiro atoms. The number of hydrogen-bond donors (Lipinski definition) is 3. The van der Waals surface area contributed by atoms with Gasteiger partial charge in [-0.15, -0.1) is 0 Å². The highest BCUT2D eigenvalue weighted by atomic mass is 15.3. The van der Waals surface area contributed by atoms with Gasteiger partial charge in [-0.1, -0.05) is 19.3 Å². The number of hydrogen-bond acceptors (Lipinski definition) is 6. The van der Waals surface area contributed by atoms with E-state index in [0.717, 1.165) is 23.7 Å². The van der Waals surface area contributed by atoms with Crippen molar-refractivity contribution in [3.8, 4) is 0 Å². The van der Waals surface area contributed by atoms with E-state index in [9.17, 15) is 0 Å². The molecular weight excluding hydrogens is 254 g/mol. The van der Waals surface area contributed by atoms with Crippen molar-refractivity contribution in [2.45, 2.75) is 32.1 Å². The molecule has 4 N–H and O–H groups in total. The molecule has 20 heavy (non-hydrogen) atoms. The van der Waals surface area contributed by atoms with Gasteiger partial charge >= 0.3 is 0 Å². The number of fused-ring (bicyclic) bond motifs is 1. The number of nitrogens with zero attached hydrogens (tertiary/aromatic N) is 4. The molecule has 1 fully saturated rings. The van der Waals surface area contributed by atoms with Gasteiger partial charge in [0.15, 0.2) is 5.65 Å². The third kappa shape index (κ3) is 2.53. The Morgan fingerprint density at radius 3 is 2.90 bits per heavy atom. The Labute approximate surface area is 117 Å². The number of nitrogens with one attached hydrogen (secondary N) is 2. The van der Waals surface area contributed by atoms with Crippen LogP contribution in [0.25, 0.3) is 11.0 Å². The first-order valence-corrected chi connectivity index (χ1v) is 7.17. The Morgan fingerprint density at radius 1 is 1.35 bits per heavy atom. The van der Waals surface area contributed by atoms with E-state index in [-0.39, 0.29) is 0 Å². The molecule has 0 amide bonds. The number of rotatable bonds is 4. The van der Waals surface area contributed by atoms with Crippen LogP contribution in [0.3, 0.4) is 0 Å². The second-order valence-corrected chi connectivity index (χ2v) is 5.53. The fourth-order valence-corrected chi connectivity index (χ4v) is 3.02. The van der Waals surface area contributed by atoms with Crippen molar-refractivity contribution in [1.29, 1.82) is 0 Å². The van der Waals surface area contributed by atoms with Gasteiger partial charge in [0.2, 0.25) is 5.95 Å². The molecule has 0 bridgehead atoms. The van der Waals surface area contributed by atoms with Gasteiger partial charge in [0.05, 0.1) is 11.6 Å². The van der Waals surface area contributed by atoms with Crippen LogP contribution in [0.5, 0.6) is 0 Å². The first-order chi connectivity index (χ1) is 9.78. The van der Waals surface area contributed by atoms with Crippen LogP contribution in [0.2, 0.25) is 0 Å². The predicted molar refractivity (Wildman–Crippen MR) is 79.3 cm³/mol. The van der Waals surface area contributed by atoms with Crippen molar-refractivity contribution in [1.82, 2.24) is 20.2 Å². The molecule has 0 aliphatic heterocycles. The topological polar surface area (TPSA) is 95.8 Å². The van der Waals surface area contributed by atoms with E-state index >= 15 is 0 Å². The van der Waals surface area contributed by atoms with E-state index in [2.05, 4.69) is 37.5 Å². The summed E-state index contributed by atoms with van der Waals surface area (Å²) in [5.74, 6) is 7.47. The molecule has 108 valence electrons. The zero-order valence-corrected chi connectivity index (χ0v) is 11.8. The Kier molecular flexibility index (Phi) is 3.68. The Morgan fingerprint density at radius 2 is 2.15 bits per heavy atom. The third-order valence-corrected chi connectivity index (χ3v) is 4.04. The molecule has 2 aromatic heterocycles. The van der Waals surface area contributed by atoms with Crippen molar-refractivity contribution < 1.29 is 0 Å². The van der Waals surface area contributed by atoms with Gasteiger partial charge in [0.1, 0.15) is 5.82 Å². The predicted octanol–water partition coefficient (Wildman–Crippen LogP) is 1.65. The minimum atomic E-state index is 0.409. The zero-order valence-electron chi connectivity index (χ0n) is 11.8. The van der Waals surface area contributed by atoms with Crippen LogP contribution in [0, 0.1) is 5.92 Å². The standard InChI is InChI=1S/C13H21N7/c1-20(8-9-5-3-2-4-6-9)12-10-7-15-19-11(10)16-13(17-12)18-14/h7,9H,2-6,8,14H2,1H3,(H2,15,16,17,18,19). The van der Waals surface area contributed by atoms with E-state index < -0.39 is 0 Å². The summed E-state index contributed by atoms with van der Waals surface area (Å²) in [6.07, 6.45) is 8.46. The summed E-state index contributed by atoms with van der Waals surface area (Å²) in [6.45, 7) is 1.02. The van der Waals surface area contributed by atoms with E-state index in [1.807, 2.05) is 0 Å². The number of nitrogen functional groups attached to an aromatic ring is 1. The molecule has 1 aliphatic carbocycles. The van der Waals surface area contributed by atoms with E-state index in [4.69, 9.17) is 5.84 Å². The molecule has 0 aromatic carbocycles. The molecule has 0 unspecified atom stereocenters. The maximum Gasteiger partial charge on any atom is 0.241 e. The second kappa shape index (κ2) is 5.62. The van der Waals surface area contributed by atoms with Gasteiger partial charge in [0, 0.05) is 13.6 Å². The smallest absolute Gasteiger partial charge is 0.241 e. The summed E-state index contributed by atoms with van der Waals surface area (Å²) >= 11 is 0. The quantitative estimate of drug-likeness (QED) is 0.580. The summed E-state index contributed by atoms with van der Waals surface area (Å²) in [6, 6.07) is 0. The Balaban J connectivity index is 1.85. The summed E-state index contributed by atoms with van der Waals surface area (Å²) in [4.78, 5) is 10.9. The number of nitrogens with two attached hydrogens (primary N) is 1. The first-order valence-electron chi connectivity index (χ1n) is 7.17.